The summed E-state index contributed by atoms with van der Waals surface area (Å²) < 4.78 is 0. The molecule has 0 saturated carbocycles. The van der Waals surface area contributed by atoms with E-state index in [9.17, 15) is 0 Å². The van der Waals surface area contributed by atoms with Crippen LogP contribution in [0, 0.1) is 0 Å². The fourth-order valence-corrected chi connectivity index (χ4v) is 2.00. The number of nitrogens with zero attached hydrogens (tertiary/aromatic N) is 3. The van der Waals surface area contributed by atoms with Crippen LogP contribution in [0.3, 0.4) is 0 Å². The summed E-state index contributed by atoms with van der Waals surface area (Å²) in [5.41, 5.74) is 0. The summed E-state index contributed by atoms with van der Waals surface area (Å²) in [6.07, 6.45) is 4.34. The molecule has 0 spiro atoms. The molecule has 1 heterocycles. The van der Waals surface area contributed by atoms with E-state index < -0.39 is 0 Å². The van der Waals surface area contributed by atoms with Crippen molar-refractivity contribution in [1.29, 1.82) is 0 Å². The molecule has 4 nitrogen and oxygen atoms in total. The van der Waals surface area contributed by atoms with Gasteiger partial charge in [0.1, 0.15) is 17.5 Å². The minimum atomic E-state index is 0.503. The summed E-state index contributed by atoms with van der Waals surface area (Å²) in [6.45, 7) is 9.67. The highest BCUT2D eigenvalue weighted by Gasteiger charge is 2.12. The van der Waals surface area contributed by atoms with Crippen molar-refractivity contribution < 1.29 is 0 Å². The molecule has 0 bridgehead atoms. The van der Waals surface area contributed by atoms with E-state index in [0.717, 1.165) is 36.8 Å². The van der Waals surface area contributed by atoms with E-state index in [1.165, 1.54) is 12.8 Å². The van der Waals surface area contributed by atoms with Crippen molar-refractivity contribution in [2.45, 2.75) is 59.4 Å². The number of aromatic nitrogens is 2. The van der Waals surface area contributed by atoms with Crippen LogP contribution in [0.5, 0.6) is 0 Å². The maximum Gasteiger partial charge on any atom is 0.134 e. The van der Waals surface area contributed by atoms with Gasteiger partial charge in [-0.25, -0.2) is 9.97 Å². The first-order valence-electron chi connectivity index (χ1n) is 7.46. The monoisotopic (exact) mass is 264 g/mol. The van der Waals surface area contributed by atoms with Crippen molar-refractivity contribution in [3.8, 4) is 0 Å². The normalized spacial score (nSPS) is 12.3. The predicted molar refractivity (Wildman–Crippen MR) is 83.0 cm³/mol. The summed E-state index contributed by atoms with van der Waals surface area (Å²) in [4.78, 5) is 11.4. The van der Waals surface area contributed by atoms with Crippen LogP contribution < -0.4 is 10.2 Å². The molecule has 1 aromatic rings. The van der Waals surface area contributed by atoms with E-state index in [2.05, 4.69) is 61.0 Å². The van der Waals surface area contributed by atoms with E-state index in [-0.39, 0.29) is 0 Å². The molecule has 108 valence electrons. The number of hydrogen-bond acceptors (Lipinski definition) is 4. The van der Waals surface area contributed by atoms with Gasteiger partial charge in [-0.2, -0.15) is 0 Å². The minimum Gasteiger partial charge on any atom is -0.370 e. The molecular weight excluding hydrogens is 236 g/mol. The molecule has 0 aromatic carbocycles. The largest absolute Gasteiger partial charge is 0.370 e. The van der Waals surface area contributed by atoms with Gasteiger partial charge in [-0.05, 0) is 19.8 Å². The molecule has 0 aliphatic rings. The maximum atomic E-state index is 4.64. The second-order valence-corrected chi connectivity index (χ2v) is 5.06. The smallest absolute Gasteiger partial charge is 0.134 e. The first-order valence-corrected chi connectivity index (χ1v) is 7.46. The molecule has 0 saturated heterocycles. The summed E-state index contributed by atoms with van der Waals surface area (Å²) in [5, 5.41) is 3.36. The Balaban J connectivity index is 2.91. The molecule has 0 amide bonds. The van der Waals surface area contributed by atoms with E-state index >= 15 is 0 Å². The van der Waals surface area contributed by atoms with Crippen molar-refractivity contribution in [2.75, 3.05) is 23.8 Å². The van der Waals surface area contributed by atoms with Gasteiger partial charge in [0.25, 0.3) is 0 Å². The van der Waals surface area contributed by atoms with Gasteiger partial charge in [0.2, 0.25) is 0 Å². The fourth-order valence-electron chi connectivity index (χ4n) is 2.00. The van der Waals surface area contributed by atoms with Crippen LogP contribution in [0.25, 0.3) is 0 Å². The molecule has 0 aliphatic carbocycles. The van der Waals surface area contributed by atoms with Gasteiger partial charge in [0.05, 0.1) is 0 Å². The Labute approximate surface area is 117 Å². The third-order valence-electron chi connectivity index (χ3n) is 3.36. The van der Waals surface area contributed by atoms with Crippen LogP contribution in [-0.4, -0.2) is 29.6 Å². The standard InChI is InChI=1S/C15H28N4/c1-6-9-12(4)19(5)15-11-14(16-10-7-2)17-13(8-3)18-15/h11-12H,6-10H2,1-5H3,(H,16,17,18). The number of rotatable bonds is 8. The zero-order chi connectivity index (χ0) is 14.3. The van der Waals surface area contributed by atoms with Gasteiger partial charge < -0.3 is 10.2 Å². The van der Waals surface area contributed by atoms with Gasteiger partial charge in [-0.3, -0.25) is 0 Å². The second kappa shape index (κ2) is 7.97. The average molecular weight is 264 g/mol. The topological polar surface area (TPSA) is 41.0 Å². The predicted octanol–water partition coefficient (Wildman–Crippen LogP) is 3.49. The third-order valence-corrected chi connectivity index (χ3v) is 3.36. The highest BCUT2D eigenvalue weighted by molar-refractivity contribution is 5.49. The van der Waals surface area contributed by atoms with Crippen molar-refractivity contribution in [2.24, 2.45) is 0 Å². The van der Waals surface area contributed by atoms with E-state index in [0.29, 0.717) is 6.04 Å². The highest BCUT2D eigenvalue weighted by Crippen LogP contribution is 2.19. The van der Waals surface area contributed by atoms with Crippen molar-refractivity contribution >= 4 is 11.6 Å². The molecule has 19 heavy (non-hydrogen) atoms. The van der Waals surface area contributed by atoms with Crippen LogP contribution >= 0.6 is 0 Å². The first-order chi connectivity index (χ1) is 9.12. The zero-order valence-corrected chi connectivity index (χ0v) is 13.0. The minimum absolute atomic E-state index is 0.503. The zero-order valence-electron chi connectivity index (χ0n) is 13.0. The number of anilines is 2. The fraction of sp³-hybridized carbons (Fsp3) is 0.733. The van der Waals surface area contributed by atoms with E-state index in [1.807, 2.05) is 0 Å². The summed E-state index contributed by atoms with van der Waals surface area (Å²) in [5.74, 6) is 2.87. The maximum absolute atomic E-state index is 4.64. The molecule has 1 aromatic heterocycles. The first kappa shape index (κ1) is 15.7. The Morgan fingerprint density at radius 2 is 1.95 bits per heavy atom. The van der Waals surface area contributed by atoms with E-state index in [4.69, 9.17) is 0 Å². The lowest BCUT2D eigenvalue weighted by atomic mass is 10.2. The van der Waals surface area contributed by atoms with Crippen molar-refractivity contribution in [3.05, 3.63) is 11.9 Å². The Kier molecular flexibility index (Phi) is 6.60. The number of hydrogen-bond donors (Lipinski definition) is 1. The van der Waals surface area contributed by atoms with Crippen molar-refractivity contribution in [1.82, 2.24) is 9.97 Å². The van der Waals surface area contributed by atoms with Crippen LogP contribution in [0.1, 0.15) is 52.8 Å². The lowest BCUT2D eigenvalue weighted by Crippen LogP contribution is -2.29. The van der Waals surface area contributed by atoms with Gasteiger partial charge in [-0.1, -0.05) is 27.2 Å². The van der Waals surface area contributed by atoms with Gasteiger partial charge in [-0.15, -0.1) is 0 Å². The third kappa shape index (κ3) is 4.69. The Morgan fingerprint density at radius 3 is 2.53 bits per heavy atom. The van der Waals surface area contributed by atoms with Crippen LogP contribution in [-0.2, 0) is 6.42 Å². The van der Waals surface area contributed by atoms with Gasteiger partial charge >= 0.3 is 0 Å². The SMILES string of the molecule is CCCNc1cc(N(C)C(C)CCC)nc(CC)n1. The highest BCUT2D eigenvalue weighted by atomic mass is 15.2. The molecule has 1 unspecified atom stereocenters. The summed E-state index contributed by atoms with van der Waals surface area (Å²) in [7, 11) is 2.12. The molecule has 0 radical (unpaired) electrons. The van der Waals surface area contributed by atoms with Crippen LogP contribution in [0.2, 0.25) is 0 Å². The molecule has 1 rings (SSSR count). The average Bonchev–Trinajstić information content (AvgIpc) is 2.44. The Hall–Kier alpha value is -1.32. The van der Waals surface area contributed by atoms with Crippen molar-refractivity contribution in [3.63, 3.8) is 0 Å². The Morgan fingerprint density at radius 1 is 1.21 bits per heavy atom. The molecular formula is C15H28N4. The quantitative estimate of drug-likeness (QED) is 0.780. The van der Waals surface area contributed by atoms with Gasteiger partial charge in [0.15, 0.2) is 0 Å². The number of aryl methyl sites for hydroxylation is 1. The van der Waals surface area contributed by atoms with E-state index in [1.54, 1.807) is 0 Å². The molecule has 4 heteroatoms. The molecule has 1 atom stereocenters. The Bertz CT molecular complexity index is 378. The molecule has 0 fully saturated rings. The lowest BCUT2D eigenvalue weighted by molar-refractivity contribution is 0.609. The van der Waals surface area contributed by atoms with Crippen LogP contribution in [0.4, 0.5) is 11.6 Å². The second-order valence-electron chi connectivity index (χ2n) is 5.06. The lowest BCUT2D eigenvalue weighted by Gasteiger charge is -2.26. The molecule has 1 N–H and O–H groups in total. The summed E-state index contributed by atoms with van der Waals surface area (Å²) >= 11 is 0. The van der Waals surface area contributed by atoms with Gasteiger partial charge in [0, 0.05) is 32.1 Å². The molecule has 0 aliphatic heterocycles. The summed E-state index contributed by atoms with van der Waals surface area (Å²) in [6, 6.07) is 2.56. The van der Waals surface area contributed by atoms with Crippen LogP contribution in [0.15, 0.2) is 6.07 Å². The number of nitrogens with one attached hydrogen (secondary N) is 1.